The van der Waals surface area contributed by atoms with Crippen LogP contribution in [0, 0.1) is 0 Å². The van der Waals surface area contributed by atoms with E-state index in [2.05, 4.69) is 41.9 Å². The summed E-state index contributed by atoms with van der Waals surface area (Å²) in [4.78, 5) is 31.4. The Labute approximate surface area is 239 Å². The summed E-state index contributed by atoms with van der Waals surface area (Å²) in [6, 6.07) is 7.69. The molecule has 1 amide bonds. The maximum Gasteiger partial charge on any atom is 0.251 e. The SMILES string of the molecule is CC[C@H]1CN(c2ncc(-c3ncc[nH]3)cc2Cl)CCN1[C@H]1CCN(Cc2ccc(Cl)cc2C(=O)NC)C[C@@H]1O. The maximum absolute atomic E-state index is 12.4. The Kier molecular flexibility index (Phi) is 8.73. The summed E-state index contributed by atoms with van der Waals surface area (Å²) in [7, 11) is 1.62. The van der Waals surface area contributed by atoms with Crippen LogP contribution in [-0.4, -0.2) is 93.7 Å². The number of aromatic nitrogens is 3. The zero-order valence-corrected chi connectivity index (χ0v) is 23.8. The largest absolute Gasteiger partial charge is 0.390 e. The standard InChI is InChI=1S/C28H35Cl2N7O2/c1-3-21-16-36(27-23(30)12-19(14-34-27)26-32-7-8-33-26)10-11-37(21)24-6-9-35(17-25(24)38)15-18-4-5-20(29)13-22(18)28(39)31-2/h4-5,7-8,12-14,21,24-25,38H,3,6,9-11,15-17H2,1-2H3,(H,31,39)(H,32,33)/t21-,24-,25-/m0/s1. The average Bonchev–Trinajstić information content (AvgIpc) is 3.49. The number of halogens is 2. The van der Waals surface area contributed by atoms with E-state index in [4.69, 9.17) is 23.2 Å². The van der Waals surface area contributed by atoms with Crippen LogP contribution in [0.5, 0.6) is 0 Å². The van der Waals surface area contributed by atoms with Crippen molar-refractivity contribution in [3.05, 3.63) is 64.0 Å². The predicted octanol–water partition coefficient (Wildman–Crippen LogP) is 3.67. The number of aliphatic hydroxyl groups is 1. The van der Waals surface area contributed by atoms with Crippen LogP contribution in [0.1, 0.15) is 35.7 Å². The molecule has 0 aliphatic carbocycles. The first-order valence-electron chi connectivity index (χ1n) is 13.4. The summed E-state index contributed by atoms with van der Waals surface area (Å²) < 4.78 is 0. The number of piperidine rings is 1. The molecule has 0 bridgehead atoms. The van der Waals surface area contributed by atoms with Gasteiger partial charge in [0.15, 0.2) is 0 Å². The van der Waals surface area contributed by atoms with Gasteiger partial charge in [0, 0.05) is 93.1 Å². The third-order valence-electron chi connectivity index (χ3n) is 7.89. The second-order valence-corrected chi connectivity index (χ2v) is 11.1. The van der Waals surface area contributed by atoms with Crippen LogP contribution in [0.15, 0.2) is 42.9 Å². The van der Waals surface area contributed by atoms with Gasteiger partial charge in [-0.3, -0.25) is 14.6 Å². The van der Waals surface area contributed by atoms with Crippen LogP contribution in [0.3, 0.4) is 0 Å². The average molecular weight is 573 g/mol. The molecule has 39 heavy (non-hydrogen) atoms. The number of benzene rings is 1. The first kappa shape index (κ1) is 27.9. The van der Waals surface area contributed by atoms with Crippen molar-refractivity contribution in [2.24, 2.45) is 0 Å². The van der Waals surface area contributed by atoms with Gasteiger partial charge in [-0.1, -0.05) is 36.2 Å². The molecule has 11 heteroatoms. The smallest absolute Gasteiger partial charge is 0.251 e. The van der Waals surface area contributed by atoms with Crippen LogP contribution in [0.25, 0.3) is 11.4 Å². The molecule has 2 aliphatic rings. The minimum Gasteiger partial charge on any atom is -0.390 e. The number of amides is 1. The number of likely N-dealkylation sites (tertiary alicyclic amines) is 1. The second kappa shape index (κ2) is 12.2. The third-order valence-corrected chi connectivity index (χ3v) is 8.40. The lowest BCUT2D eigenvalue weighted by Crippen LogP contribution is -2.62. The Morgan fingerprint density at radius 3 is 2.72 bits per heavy atom. The molecule has 4 heterocycles. The van der Waals surface area contributed by atoms with Crippen molar-refractivity contribution in [2.45, 2.75) is 44.5 Å². The highest BCUT2D eigenvalue weighted by Gasteiger charge is 2.38. The fourth-order valence-corrected chi connectivity index (χ4v) is 6.32. The van der Waals surface area contributed by atoms with Gasteiger partial charge in [-0.2, -0.15) is 0 Å². The fraction of sp³-hybridized carbons (Fsp3) is 0.464. The number of anilines is 1. The fourth-order valence-electron chi connectivity index (χ4n) is 5.87. The van der Waals surface area contributed by atoms with Crippen molar-refractivity contribution in [3.63, 3.8) is 0 Å². The summed E-state index contributed by atoms with van der Waals surface area (Å²) >= 11 is 12.8. The summed E-state index contributed by atoms with van der Waals surface area (Å²) in [6.07, 6.45) is 6.64. The molecule has 2 saturated heterocycles. The van der Waals surface area contributed by atoms with Gasteiger partial charge in [-0.05, 0) is 36.6 Å². The molecule has 2 fully saturated rings. The van der Waals surface area contributed by atoms with Crippen LogP contribution < -0.4 is 10.2 Å². The molecule has 2 aromatic heterocycles. The number of carbonyl (C=O) groups excluding carboxylic acids is 1. The monoisotopic (exact) mass is 571 g/mol. The van der Waals surface area contributed by atoms with Crippen LogP contribution in [0.4, 0.5) is 5.82 Å². The maximum atomic E-state index is 12.4. The number of β-amino-alcohol motifs (C(OH)–C–C–N with tert-alkyl or cyclic N) is 1. The number of piperazine rings is 1. The molecular formula is C28H35Cl2N7O2. The van der Waals surface area contributed by atoms with Crippen molar-refractivity contribution < 1.29 is 9.90 Å². The van der Waals surface area contributed by atoms with Gasteiger partial charge in [0.1, 0.15) is 11.6 Å². The Morgan fingerprint density at radius 1 is 1.18 bits per heavy atom. The number of nitrogens with one attached hydrogen (secondary N) is 2. The lowest BCUT2D eigenvalue weighted by atomic mass is 9.95. The van der Waals surface area contributed by atoms with Gasteiger partial charge in [0.25, 0.3) is 5.91 Å². The second-order valence-electron chi connectivity index (χ2n) is 10.3. The lowest BCUT2D eigenvalue weighted by molar-refractivity contribution is -0.0350. The first-order valence-corrected chi connectivity index (χ1v) is 14.2. The Bertz CT molecular complexity index is 1290. The van der Waals surface area contributed by atoms with E-state index in [-0.39, 0.29) is 18.0 Å². The topological polar surface area (TPSA) is 101 Å². The van der Waals surface area contributed by atoms with Gasteiger partial charge in [-0.15, -0.1) is 0 Å². The van der Waals surface area contributed by atoms with Gasteiger partial charge >= 0.3 is 0 Å². The lowest BCUT2D eigenvalue weighted by Gasteiger charge is -2.49. The molecule has 3 aromatic rings. The molecule has 1 aromatic carbocycles. The summed E-state index contributed by atoms with van der Waals surface area (Å²) in [5.74, 6) is 1.38. The highest BCUT2D eigenvalue weighted by molar-refractivity contribution is 6.33. The Hall–Kier alpha value is -2.69. The van der Waals surface area contributed by atoms with E-state index in [1.54, 1.807) is 25.5 Å². The summed E-state index contributed by atoms with van der Waals surface area (Å²) in [5.41, 5.74) is 2.34. The Balaban J connectivity index is 1.22. The van der Waals surface area contributed by atoms with E-state index in [1.165, 1.54) is 0 Å². The quantitative estimate of drug-likeness (QED) is 0.397. The number of pyridine rings is 1. The minimum atomic E-state index is -0.482. The van der Waals surface area contributed by atoms with Crippen molar-refractivity contribution >= 4 is 34.9 Å². The van der Waals surface area contributed by atoms with E-state index < -0.39 is 6.10 Å². The number of aliphatic hydroxyl groups excluding tert-OH is 1. The highest BCUT2D eigenvalue weighted by Crippen LogP contribution is 2.31. The van der Waals surface area contributed by atoms with Gasteiger partial charge in [-0.25, -0.2) is 9.97 Å². The number of hydrogen-bond acceptors (Lipinski definition) is 7. The number of aromatic amines is 1. The van der Waals surface area contributed by atoms with Gasteiger partial charge in [0.2, 0.25) is 0 Å². The van der Waals surface area contributed by atoms with Crippen molar-refractivity contribution in [3.8, 4) is 11.4 Å². The van der Waals surface area contributed by atoms with E-state index in [0.29, 0.717) is 28.7 Å². The highest BCUT2D eigenvalue weighted by atomic mass is 35.5. The van der Waals surface area contributed by atoms with Crippen molar-refractivity contribution in [1.82, 2.24) is 30.1 Å². The molecule has 0 spiro atoms. The predicted molar refractivity (Wildman–Crippen MR) is 154 cm³/mol. The van der Waals surface area contributed by atoms with E-state index in [9.17, 15) is 9.90 Å². The molecular weight excluding hydrogens is 537 g/mol. The molecule has 0 unspecified atom stereocenters. The number of carbonyl (C=O) groups is 1. The summed E-state index contributed by atoms with van der Waals surface area (Å²) in [5, 5.41) is 15.1. The third kappa shape index (κ3) is 6.07. The van der Waals surface area contributed by atoms with Crippen molar-refractivity contribution in [2.75, 3.05) is 44.7 Å². The van der Waals surface area contributed by atoms with Gasteiger partial charge in [0.05, 0.1) is 11.1 Å². The zero-order valence-electron chi connectivity index (χ0n) is 22.3. The molecule has 0 radical (unpaired) electrons. The van der Waals surface area contributed by atoms with Crippen molar-refractivity contribution in [1.29, 1.82) is 0 Å². The molecule has 0 saturated carbocycles. The normalized spacial score (nSPS) is 22.7. The number of H-pyrrole nitrogens is 1. The van der Waals surface area contributed by atoms with Crippen LogP contribution in [0.2, 0.25) is 10.0 Å². The molecule has 2 aliphatic heterocycles. The Morgan fingerprint density at radius 2 is 2.03 bits per heavy atom. The molecule has 5 rings (SSSR count). The number of imidazole rings is 1. The van der Waals surface area contributed by atoms with Crippen LogP contribution >= 0.6 is 23.2 Å². The number of nitrogens with zero attached hydrogens (tertiary/aromatic N) is 5. The molecule has 3 N–H and O–H groups in total. The number of rotatable bonds is 7. The van der Waals surface area contributed by atoms with Crippen LogP contribution in [-0.2, 0) is 6.54 Å². The first-order chi connectivity index (χ1) is 18.9. The van der Waals surface area contributed by atoms with E-state index in [0.717, 1.165) is 61.8 Å². The molecule has 9 nitrogen and oxygen atoms in total. The molecule has 208 valence electrons. The van der Waals surface area contributed by atoms with E-state index >= 15 is 0 Å². The van der Waals surface area contributed by atoms with Gasteiger partial charge < -0.3 is 20.3 Å². The number of hydrogen-bond donors (Lipinski definition) is 3. The van der Waals surface area contributed by atoms with E-state index in [1.807, 2.05) is 24.4 Å². The minimum absolute atomic E-state index is 0.0849. The molecule has 3 atom stereocenters. The summed E-state index contributed by atoms with van der Waals surface area (Å²) in [6.45, 7) is 6.60. The zero-order chi connectivity index (χ0) is 27.5.